The van der Waals surface area contributed by atoms with E-state index < -0.39 is 0 Å². The molecule has 1 aliphatic heterocycles. The molecule has 3 rings (SSSR count). The van der Waals surface area contributed by atoms with Crippen LogP contribution in [0.4, 0.5) is 0 Å². The molecule has 18 heavy (non-hydrogen) atoms. The van der Waals surface area contributed by atoms with Crippen LogP contribution in [0.15, 0.2) is 29.3 Å². The van der Waals surface area contributed by atoms with Crippen molar-refractivity contribution >= 4 is 16.9 Å². The molecule has 1 aliphatic carbocycles. The second-order valence-corrected chi connectivity index (χ2v) is 6.34. The number of aryl methyl sites for hydroxylation is 1. The zero-order chi connectivity index (χ0) is 12.4. The second kappa shape index (κ2) is 5.35. The van der Waals surface area contributed by atoms with Gasteiger partial charge in [0.05, 0.1) is 6.54 Å². The van der Waals surface area contributed by atoms with E-state index >= 15 is 0 Å². The highest BCUT2D eigenvalue weighted by molar-refractivity contribution is 8.14. The zero-order valence-electron chi connectivity index (χ0n) is 10.9. The van der Waals surface area contributed by atoms with Crippen molar-refractivity contribution in [2.45, 2.75) is 38.0 Å². The van der Waals surface area contributed by atoms with Gasteiger partial charge in [-0.05, 0) is 36.3 Å². The average molecular weight is 260 g/mol. The Morgan fingerprint density at radius 3 is 2.78 bits per heavy atom. The number of rotatable bonds is 4. The molecule has 0 radical (unpaired) electrons. The summed E-state index contributed by atoms with van der Waals surface area (Å²) in [5.41, 5.74) is 2.84. The number of aliphatic imine (C=N–C) groups is 1. The Kier molecular flexibility index (Phi) is 3.59. The number of thioether (sulfide) groups is 1. The first kappa shape index (κ1) is 12.1. The third-order valence-corrected chi connectivity index (χ3v) is 5.09. The summed E-state index contributed by atoms with van der Waals surface area (Å²) in [6.45, 7) is 4.14. The lowest BCUT2D eigenvalue weighted by Crippen LogP contribution is -2.20. The topological polar surface area (TPSA) is 24.4 Å². The maximum Gasteiger partial charge on any atom is 0.157 e. The summed E-state index contributed by atoms with van der Waals surface area (Å²) < 4.78 is 0. The Labute approximate surface area is 113 Å². The fourth-order valence-electron chi connectivity index (χ4n) is 2.45. The van der Waals surface area contributed by atoms with E-state index in [9.17, 15) is 0 Å². The van der Waals surface area contributed by atoms with E-state index in [2.05, 4.69) is 41.5 Å². The van der Waals surface area contributed by atoms with Crippen LogP contribution < -0.4 is 5.32 Å². The maximum atomic E-state index is 4.62. The molecular weight excluding hydrogens is 240 g/mol. The molecule has 1 aromatic rings. The number of nitrogens with zero attached hydrogens (tertiary/aromatic N) is 1. The molecule has 1 N–H and O–H groups in total. The molecule has 1 fully saturated rings. The van der Waals surface area contributed by atoms with Crippen LogP contribution in [-0.2, 0) is 13.0 Å². The van der Waals surface area contributed by atoms with Crippen LogP contribution in [0.1, 0.15) is 30.9 Å². The Hall–Kier alpha value is -0.960. The highest BCUT2D eigenvalue weighted by Gasteiger charge is 2.35. The fourth-order valence-corrected chi connectivity index (χ4v) is 3.65. The number of nitrogens with one attached hydrogen (secondary N) is 1. The molecule has 1 heterocycles. The van der Waals surface area contributed by atoms with E-state index in [1.165, 1.54) is 24.0 Å². The van der Waals surface area contributed by atoms with Gasteiger partial charge in [0.15, 0.2) is 5.17 Å². The van der Waals surface area contributed by atoms with Crippen LogP contribution in [0.3, 0.4) is 0 Å². The highest BCUT2D eigenvalue weighted by atomic mass is 32.2. The molecule has 3 heteroatoms. The van der Waals surface area contributed by atoms with Crippen LogP contribution in [0, 0.1) is 5.92 Å². The summed E-state index contributed by atoms with van der Waals surface area (Å²) >= 11 is 1.95. The summed E-state index contributed by atoms with van der Waals surface area (Å²) in [4.78, 5) is 4.62. The van der Waals surface area contributed by atoms with Crippen molar-refractivity contribution in [2.24, 2.45) is 10.9 Å². The number of amidine groups is 1. The molecule has 0 amide bonds. The van der Waals surface area contributed by atoms with Gasteiger partial charge < -0.3 is 5.32 Å². The monoisotopic (exact) mass is 260 g/mol. The molecule has 2 nitrogen and oxygen atoms in total. The van der Waals surface area contributed by atoms with Crippen LogP contribution in [0.2, 0.25) is 0 Å². The molecule has 1 unspecified atom stereocenters. The minimum absolute atomic E-state index is 0.758. The summed E-state index contributed by atoms with van der Waals surface area (Å²) in [6, 6.07) is 8.66. The van der Waals surface area contributed by atoms with E-state index in [4.69, 9.17) is 0 Å². The van der Waals surface area contributed by atoms with Crippen molar-refractivity contribution in [1.82, 2.24) is 5.32 Å². The third kappa shape index (κ3) is 2.72. The Balaban J connectivity index is 1.55. The summed E-state index contributed by atoms with van der Waals surface area (Å²) in [5.74, 6) is 0.945. The predicted octanol–water partition coefficient (Wildman–Crippen LogP) is 3.22. The van der Waals surface area contributed by atoms with Gasteiger partial charge in [-0.25, -0.2) is 0 Å². The van der Waals surface area contributed by atoms with Gasteiger partial charge in [0.25, 0.3) is 0 Å². The van der Waals surface area contributed by atoms with Gasteiger partial charge in [-0.1, -0.05) is 43.0 Å². The second-order valence-electron chi connectivity index (χ2n) is 5.12. The van der Waals surface area contributed by atoms with E-state index in [1.807, 2.05) is 11.8 Å². The SMILES string of the molecule is CCc1ccccc1CNC1=NCC(C2CC2)S1. The third-order valence-electron chi connectivity index (χ3n) is 3.75. The van der Waals surface area contributed by atoms with Crippen molar-refractivity contribution in [2.75, 3.05) is 6.54 Å². The number of hydrogen-bond donors (Lipinski definition) is 1. The van der Waals surface area contributed by atoms with Gasteiger partial charge in [0, 0.05) is 11.8 Å². The Bertz CT molecular complexity index is 452. The Morgan fingerprint density at radius 2 is 2.06 bits per heavy atom. The van der Waals surface area contributed by atoms with Crippen molar-refractivity contribution in [3.05, 3.63) is 35.4 Å². The summed E-state index contributed by atoms with van der Waals surface area (Å²) in [5, 5.41) is 5.41. The minimum atomic E-state index is 0.758. The smallest absolute Gasteiger partial charge is 0.157 e. The lowest BCUT2D eigenvalue weighted by molar-refractivity contribution is 0.772. The lowest BCUT2D eigenvalue weighted by atomic mass is 10.1. The van der Waals surface area contributed by atoms with Crippen LogP contribution in [0.25, 0.3) is 0 Å². The quantitative estimate of drug-likeness (QED) is 0.899. The van der Waals surface area contributed by atoms with Crippen molar-refractivity contribution in [3.63, 3.8) is 0 Å². The molecule has 96 valence electrons. The first-order chi connectivity index (χ1) is 8.86. The van der Waals surface area contributed by atoms with E-state index in [1.54, 1.807) is 0 Å². The van der Waals surface area contributed by atoms with Gasteiger partial charge >= 0.3 is 0 Å². The van der Waals surface area contributed by atoms with Crippen LogP contribution in [0.5, 0.6) is 0 Å². The molecular formula is C15H20N2S. The Morgan fingerprint density at radius 1 is 1.28 bits per heavy atom. The summed E-state index contributed by atoms with van der Waals surface area (Å²) in [7, 11) is 0. The largest absolute Gasteiger partial charge is 0.361 e. The summed E-state index contributed by atoms with van der Waals surface area (Å²) in [6.07, 6.45) is 3.93. The van der Waals surface area contributed by atoms with Gasteiger partial charge in [0.1, 0.15) is 0 Å². The molecule has 0 spiro atoms. The molecule has 0 bridgehead atoms. The van der Waals surface area contributed by atoms with Gasteiger partial charge in [-0.3, -0.25) is 4.99 Å². The number of benzene rings is 1. The first-order valence-corrected chi connectivity index (χ1v) is 7.76. The average Bonchev–Trinajstić information content (AvgIpc) is 3.16. The molecule has 0 saturated heterocycles. The molecule has 2 aliphatic rings. The van der Waals surface area contributed by atoms with Gasteiger partial charge in [0.2, 0.25) is 0 Å². The first-order valence-electron chi connectivity index (χ1n) is 6.88. The standard InChI is InChI=1S/C15H20N2S/c1-2-11-5-3-4-6-13(11)9-16-15-17-10-14(18-15)12-7-8-12/h3-6,12,14H,2,7-10H2,1H3,(H,16,17). The zero-order valence-corrected chi connectivity index (χ0v) is 11.7. The minimum Gasteiger partial charge on any atom is -0.361 e. The van der Waals surface area contributed by atoms with Crippen molar-refractivity contribution in [3.8, 4) is 0 Å². The highest BCUT2D eigenvalue weighted by Crippen LogP contribution is 2.41. The predicted molar refractivity (Wildman–Crippen MR) is 79.1 cm³/mol. The molecule has 0 aromatic heterocycles. The van der Waals surface area contributed by atoms with Gasteiger partial charge in [-0.15, -0.1) is 0 Å². The maximum absolute atomic E-state index is 4.62. The van der Waals surface area contributed by atoms with E-state index in [0.29, 0.717) is 0 Å². The van der Waals surface area contributed by atoms with E-state index in [-0.39, 0.29) is 0 Å². The molecule has 1 atom stereocenters. The number of hydrogen-bond acceptors (Lipinski definition) is 3. The van der Waals surface area contributed by atoms with Crippen LogP contribution >= 0.6 is 11.8 Å². The van der Waals surface area contributed by atoms with Crippen LogP contribution in [-0.4, -0.2) is 17.0 Å². The molecule has 1 saturated carbocycles. The normalized spacial score (nSPS) is 22.9. The fraction of sp³-hybridized carbons (Fsp3) is 0.533. The lowest BCUT2D eigenvalue weighted by Gasteiger charge is -2.10. The van der Waals surface area contributed by atoms with E-state index in [0.717, 1.165) is 35.8 Å². The van der Waals surface area contributed by atoms with Crippen molar-refractivity contribution < 1.29 is 0 Å². The molecule has 1 aromatic carbocycles. The van der Waals surface area contributed by atoms with Gasteiger partial charge in [-0.2, -0.15) is 0 Å². The van der Waals surface area contributed by atoms with Crippen molar-refractivity contribution in [1.29, 1.82) is 0 Å².